The third kappa shape index (κ3) is 6.68. The maximum atomic E-state index is 14.5. The number of amides is 2. The van der Waals surface area contributed by atoms with Crippen molar-refractivity contribution in [1.29, 1.82) is 0 Å². The number of halogens is 2. The summed E-state index contributed by atoms with van der Waals surface area (Å²) in [5, 5.41) is 5.19. The highest BCUT2D eigenvalue weighted by Gasteiger charge is 2.29. The molecule has 0 saturated carbocycles. The first-order chi connectivity index (χ1) is 23.3. The third-order valence-corrected chi connectivity index (χ3v) is 9.30. The number of benzene rings is 3. The molecule has 6 rings (SSSR count). The Balaban J connectivity index is 1.50. The molecule has 0 bridgehead atoms. The lowest BCUT2D eigenvalue weighted by atomic mass is 9.95. The summed E-state index contributed by atoms with van der Waals surface area (Å²) in [6.07, 6.45) is 4.37. The maximum absolute atomic E-state index is 14.5. The molecule has 10 heteroatoms. The van der Waals surface area contributed by atoms with Gasteiger partial charge < -0.3 is 25.0 Å². The van der Waals surface area contributed by atoms with Crippen molar-refractivity contribution in [3.8, 4) is 0 Å². The van der Waals surface area contributed by atoms with Gasteiger partial charge in [0.05, 0.1) is 17.4 Å². The highest BCUT2D eigenvalue weighted by atomic mass is 35.5. The first-order valence-electron chi connectivity index (χ1n) is 15.7. The largest absolute Gasteiger partial charge is 0.351 e. The molecule has 1 saturated heterocycles. The van der Waals surface area contributed by atoms with Crippen LogP contribution in [-0.2, 0) is 4.79 Å². The van der Waals surface area contributed by atoms with Crippen LogP contribution >= 0.6 is 23.2 Å². The lowest BCUT2D eigenvalue weighted by molar-refractivity contribution is -0.118. The Morgan fingerprint density at radius 1 is 0.979 bits per heavy atom. The number of anilines is 2. The molecule has 0 spiro atoms. The van der Waals surface area contributed by atoms with Crippen molar-refractivity contribution in [3.05, 3.63) is 136 Å². The van der Waals surface area contributed by atoms with E-state index in [1.54, 1.807) is 23.4 Å². The van der Waals surface area contributed by atoms with Gasteiger partial charge in [0.15, 0.2) is 5.82 Å². The highest BCUT2D eigenvalue weighted by molar-refractivity contribution is 6.31. The summed E-state index contributed by atoms with van der Waals surface area (Å²) in [5.41, 5.74) is 6.18. The number of carbonyl (C=O) groups is 2. The van der Waals surface area contributed by atoms with Crippen LogP contribution in [0.2, 0.25) is 10.0 Å². The third-order valence-electron chi connectivity index (χ3n) is 8.81. The first kappa shape index (κ1) is 32.9. The zero-order valence-electron chi connectivity index (χ0n) is 26.8. The Hall–Kier alpha value is -5.05. The van der Waals surface area contributed by atoms with Crippen LogP contribution in [0.15, 0.2) is 104 Å². The van der Waals surface area contributed by atoms with Crippen LogP contribution in [0.1, 0.15) is 47.1 Å². The molecule has 0 radical (unpaired) electrons. The molecule has 2 N–H and O–H groups in total. The van der Waals surface area contributed by atoms with Gasteiger partial charge in [-0.3, -0.25) is 9.59 Å². The minimum Gasteiger partial charge on any atom is -0.351 e. The molecule has 5 aromatic rings. The molecule has 8 nitrogen and oxygen atoms in total. The van der Waals surface area contributed by atoms with E-state index in [0.29, 0.717) is 59.0 Å². The van der Waals surface area contributed by atoms with E-state index in [4.69, 9.17) is 23.2 Å². The van der Waals surface area contributed by atoms with Gasteiger partial charge in [-0.25, -0.2) is 4.98 Å². The summed E-state index contributed by atoms with van der Waals surface area (Å²) >= 11 is 12.7. The molecule has 1 unspecified atom stereocenters. The number of rotatable bonds is 10. The fourth-order valence-electron chi connectivity index (χ4n) is 6.24. The SMILES string of the molecule is C=CN(/C(=C(\C)c1ccccc1)c1c(C(=O)Nc2cccnc2N2CCN(C=O)CC2)[nH]c2cc(Cl)ccc12)C(C)c1ccc(Cl)cc1. The number of nitrogens with one attached hydrogen (secondary N) is 2. The molecule has 1 aliphatic heterocycles. The standard InChI is InChI=1S/C38H36Cl2N6O2/c1-4-46(26(3)28-12-14-29(39)15-13-28)36(25(2)27-9-6-5-7-10-27)34-31-17-16-30(40)23-33(31)42-35(34)38(48)43-32-11-8-18-41-37(32)45-21-19-44(24-47)20-22-45/h4-18,23-24,26,42H,1,19-22H2,2-3H3,(H,43,48)/b36-25+. The van der Waals surface area contributed by atoms with E-state index in [0.717, 1.165) is 39.7 Å². The quantitative estimate of drug-likeness (QED) is 0.145. The molecule has 2 amide bonds. The Kier molecular flexibility index (Phi) is 9.85. The van der Waals surface area contributed by atoms with Crippen LogP contribution in [0, 0.1) is 0 Å². The van der Waals surface area contributed by atoms with E-state index in [-0.39, 0.29) is 11.9 Å². The van der Waals surface area contributed by atoms with E-state index in [1.165, 1.54) is 0 Å². The number of carbonyl (C=O) groups excluding carboxylic acids is 2. The average Bonchev–Trinajstić information content (AvgIpc) is 3.49. The van der Waals surface area contributed by atoms with E-state index in [9.17, 15) is 9.59 Å². The number of aromatic amines is 1. The Bertz CT molecular complexity index is 1980. The number of nitrogens with zero attached hydrogens (tertiary/aromatic N) is 4. The number of H-pyrrole nitrogens is 1. The molecule has 0 aliphatic carbocycles. The van der Waals surface area contributed by atoms with Gasteiger partial charge >= 0.3 is 0 Å². The number of hydrogen-bond donors (Lipinski definition) is 2. The topological polar surface area (TPSA) is 84.6 Å². The predicted molar refractivity (Wildman–Crippen MR) is 196 cm³/mol. The van der Waals surface area contributed by atoms with E-state index < -0.39 is 0 Å². The Labute approximate surface area is 290 Å². The number of pyridine rings is 1. The monoisotopic (exact) mass is 678 g/mol. The van der Waals surface area contributed by atoms with Crippen molar-refractivity contribution in [2.45, 2.75) is 19.9 Å². The number of piperazine rings is 1. The summed E-state index contributed by atoms with van der Waals surface area (Å²) in [4.78, 5) is 39.8. The number of aromatic nitrogens is 2. The van der Waals surface area contributed by atoms with Gasteiger partial charge in [-0.2, -0.15) is 0 Å². The summed E-state index contributed by atoms with van der Waals surface area (Å²) in [5.74, 6) is 0.317. The molecule has 244 valence electrons. The molecule has 3 aromatic carbocycles. The lowest BCUT2D eigenvalue weighted by Gasteiger charge is -2.34. The van der Waals surface area contributed by atoms with Gasteiger partial charge in [-0.1, -0.05) is 78.3 Å². The minimum atomic E-state index is -0.334. The van der Waals surface area contributed by atoms with Gasteiger partial charge in [-0.05, 0) is 73.1 Å². The van der Waals surface area contributed by atoms with Crippen LogP contribution in [-0.4, -0.2) is 58.3 Å². The minimum absolute atomic E-state index is 0.170. The smallest absolute Gasteiger partial charge is 0.272 e. The molecular weight excluding hydrogens is 643 g/mol. The summed E-state index contributed by atoms with van der Waals surface area (Å²) < 4.78 is 0. The normalized spacial score (nSPS) is 14.3. The first-order valence-corrected chi connectivity index (χ1v) is 16.5. The lowest BCUT2D eigenvalue weighted by Crippen LogP contribution is -2.46. The van der Waals surface area contributed by atoms with Crippen LogP contribution in [0.25, 0.3) is 22.2 Å². The van der Waals surface area contributed by atoms with Crippen molar-refractivity contribution >= 4 is 69.2 Å². The number of allylic oxidation sites excluding steroid dienone is 1. The van der Waals surface area contributed by atoms with Gasteiger partial charge in [0.2, 0.25) is 6.41 Å². The molecule has 1 aliphatic rings. The molecule has 48 heavy (non-hydrogen) atoms. The van der Waals surface area contributed by atoms with Crippen molar-refractivity contribution in [1.82, 2.24) is 19.8 Å². The van der Waals surface area contributed by atoms with Crippen molar-refractivity contribution in [2.75, 3.05) is 36.4 Å². The highest BCUT2D eigenvalue weighted by Crippen LogP contribution is 2.41. The van der Waals surface area contributed by atoms with E-state index >= 15 is 0 Å². The summed E-state index contributed by atoms with van der Waals surface area (Å²) in [7, 11) is 0. The van der Waals surface area contributed by atoms with E-state index in [2.05, 4.69) is 57.6 Å². The second-order valence-corrected chi connectivity index (χ2v) is 12.6. The van der Waals surface area contributed by atoms with Crippen molar-refractivity contribution < 1.29 is 9.59 Å². The van der Waals surface area contributed by atoms with Gasteiger partial charge in [0, 0.05) is 58.9 Å². The Morgan fingerprint density at radius 2 is 1.69 bits per heavy atom. The number of fused-ring (bicyclic) bond motifs is 1. The zero-order chi connectivity index (χ0) is 33.8. The second kappa shape index (κ2) is 14.4. The fourth-order valence-corrected chi connectivity index (χ4v) is 6.53. The van der Waals surface area contributed by atoms with Crippen LogP contribution in [0.3, 0.4) is 0 Å². The van der Waals surface area contributed by atoms with Gasteiger partial charge in [0.1, 0.15) is 5.69 Å². The molecular formula is C38H36Cl2N6O2. The van der Waals surface area contributed by atoms with Crippen molar-refractivity contribution in [2.24, 2.45) is 0 Å². The number of hydrogen-bond acceptors (Lipinski definition) is 5. The molecule has 1 atom stereocenters. The average molecular weight is 680 g/mol. The molecule has 3 heterocycles. The maximum Gasteiger partial charge on any atom is 0.272 e. The van der Waals surface area contributed by atoms with Gasteiger partial charge in [-0.15, -0.1) is 0 Å². The fraction of sp³-hybridized carbons (Fsp3) is 0.184. The van der Waals surface area contributed by atoms with Crippen LogP contribution < -0.4 is 10.2 Å². The Morgan fingerprint density at radius 3 is 2.38 bits per heavy atom. The van der Waals surface area contributed by atoms with Gasteiger partial charge in [0.25, 0.3) is 5.91 Å². The van der Waals surface area contributed by atoms with Crippen LogP contribution in [0.4, 0.5) is 11.5 Å². The molecule has 1 fully saturated rings. The van der Waals surface area contributed by atoms with E-state index in [1.807, 2.05) is 66.7 Å². The predicted octanol–water partition coefficient (Wildman–Crippen LogP) is 8.50. The van der Waals surface area contributed by atoms with Crippen LogP contribution in [0.5, 0.6) is 0 Å². The summed E-state index contributed by atoms with van der Waals surface area (Å²) in [6.45, 7) is 10.8. The van der Waals surface area contributed by atoms with Crippen molar-refractivity contribution in [3.63, 3.8) is 0 Å². The zero-order valence-corrected chi connectivity index (χ0v) is 28.3. The molecule has 2 aromatic heterocycles. The summed E-state index contributed by atoms with van der Waals surface area (Å²) in [6, 6.07) is 26.9. The second-order valence-electron chi connectivity index (χ2n) is 11.7.